The highest BCUT2D eigenvalue weighted by atomic mass is 16.5. The van der Waals surface area contributed by atoms with Crippen molar-refractivity contribution < 1.29 is 23.4 Å². The topological polar surface area (TPSA) is 82.8 Å². The summed E-state index contributed by atoms with van der Waals surface area (Å²) in [5.41, 5.74) is 2.10. The van der Waals surface area contributed by atoms with E-state index in [0.717, 1.165) is 28.7 Å². The number of furan rings is 1. The van der Waals surface area contributed by atoms with Crippen LogP contribution < -0.4 is 14.8 Å². The second-order valence-corrected chi connectivity index (χ2v) is 7.41. The minimum absolute atomic E-state index is 0.225. The molecule has 0 atom stereocenters. The van der Waals surface area contributed by atoms with Gasteiger partial charge in [0.15, 0.2) is 5.76 Å². The van der Waals surface area contributed by atoms with Crippen LogP contribution in [0.4, 0.5) is 0 Å². The van der Waals surface area contributed by atoms with Gasteiger partial charge in [-0.3, -0.25) is 4.79 Å². The highest BCUT2D eigenvalue weighted by Gasteiger charge is 2.20. The van der Waals surface area contributed by atoms with Crippen LogP contribution in [0.3, 0.4) is 0 Å². The van der Waals surface area contributed by atoms with Gasteiger partial charge in [0.2, 0.25) is 5.88 Å². The summed E-state index contributed by atoms with van der Waals surface area (Å²) in [6.45, 7) is 3.23. The molecule has 33 heavy (non-hydrogen) atoms. The number of hydrogen-bond acceptors (Lipinski definition) is 6. The van der Waals surface area contributed by atoms with Gasteiger partial charge in [-0.2, -0.15) is 0 Å². The van der Waals surface area contributed by atoms with Gasteiger partial charge in [0.05, 0.1) is 13.2 Å². The van der Waals surface area contributed by atoms with E-state index in [2.05, 4.69) is 17.2 Å². The first-order chi connectivity index (χ1) is 16.2. The molecule has 170 valence electrons. The molecule has 0 saturated carbocycles. The number of carbonyl (C=O) groups excluding carboxylic acids is 1. The van der Waals surface area contributed by atoms with Crippen molar-refractivity contribution in [1.29, 1.82) is 0 Å². The average molecular weight is 447 g/mol. The van der Waals surface area contributed by atoms with Crippen LogP contribution in [-0.2, 0) is 17.9 Å². The standard InChI is InChI=1S/C26H26N2O5/c1-3-15-31-19-10-12-20(13-11-19)32-26-18(7-6-14-27-26)16-28-25(29)24-22(17-30-2)21-8-4-5-9-23(21)33-24/h4-14H,3,15-17H2,1-2H3,(H,28,29). The molecule has 2 aromatic heterocycles. The Morgan fingerprint density at radius 3 is 2.61 bits per heavy atom. The Balaban J connectivity index is 1.47. The van der Waals surface area contributed by atoms with Crippen molar-refractivity contribution in [1.82, 2.24) is 10.3 Å². The van der Waals surface area contributed by atoms with Crippen molar-refractivity contribution in [3.8, 4) is 17.4 Å². The molecule has 2 aromatic carbocycles. The quantitative estimate of drug-likeness (QED) is 0.347. The first-order valence-corrected chi connectivity index (χ1v) is 10.8. The van der Waals surface area contributed by atoms with Crippen molar-refractivity contribution in [2.75, 3.05) is 13.7 Å². The third kappa shape index (κ3) is 5.32. The molecule has 0 radical (unpaired) electrons. The molecule has 1 amide bonds. The molecule has 7 nitrogen and oxygen atoms in total. The summed E-state index contributed by atoms with van der Waals surface area (Å²) in [7, 11) is 1.59. The van der Waals surface area contributed by atoms with Crippen molar-refractivity contribution in [3.05, 3.63) is 83.7 Å². The van der Waals surface area contributed by atoms with Crippen molar-refractivity contribution >= 4 is 16.9 Å². The first kappa shape index (κ1) is 22.4. The monoisotopic (exact) mass is 446 g/mol. The van der Waals surface area contributed by atoms with Crippen LogP contribution in [0.15, 0.2) is 71.3 Å². The van der Waals surface area contributed by atoms with E-state index in [-0.39, 0.29) is 24.8 Å². The zero-order valence-corrected chi connectivity index (χ0v) is 18.7. The molecule has 0 aliphatic carbocycles. The van der Waals surface area contributed by atoms with Gasteiger partial charge in [-0.1, -0.05) is 31.2 Å². The molecule has 4 aromatic rings. The highest BCUT2D eigenvalue weighted by Crippen LogP contribution is 2.28. The van der Waals surface area contributed by atoms with E-state index >= 15 is 0 Å². The van der Waals surface area contributed by atoms with E-state index < -0.39 is 0 Å². The van der Waals surface area contributed by atoms with Gasteiger partial charge in [-0.05, 0) is 42.8 Å². The molecule has 2 heterocycles. The molecule has 0 aliphatic heterocycles. The number of carbonyl (C=O) groups is 1. The van der Waals surface area contributed by atoms with Crippen molar-refractivity contribution in [3.63, 3.8) is 0 Å². The Morgan fingerprint density at radius 2 is 1.82 bits per heavy atom. The summed E-state index contributed by atoms with van der Waals surface area (Å²) >= 11 is 0. The Morgan fingerprint density at radius 1 is 1.03 bits per heavy atom. The lowest BCUT2D eigenvalue weighted by molar-refractivity contribution is 0.0918. The molecular weight excluding hydrogens is 420 g/mol. The maximum Gasteiger partial charge on any atom is 0.287 e. The smallest absolute Gasteiger partial charge is 0.287 e. The Bertz CT molecular complexity index is 1220. The fourth-order valence-corrected chi connectivity index (χ4v) is 3.41. The van der Waals surface area contributed by atoms with Gasteiger partial charge >= 0.3 is 0 Å². The predicted molar refractivity (Wildman–Crippen MR) is 125 cm³/mol. The number of rotatable bonds is 10. The molecule has 0 fully saturated rings. The van der Waals surface area contributed by atoms with Crippen molar-refractivity contribution in [2.24, 2.45) is 0 Å². The highest BCUT2D eigenvalue weighted by molar-refractivity contribution is 5.99. The number of nitrogens with one attached hydrogen (secondary N) is 1. The molecule has 1 N–H and O–H groups in total. The number of nitrogens with zero attached hydrogens (tertiary/aromatic N) is 1. The molecular formula is C26H26N2O5. The normalized spacial score (nSPS) is 10.8. The zero-order valence-electron chi connectivity index (χ0n) is 18.7. The van der Waals surface area contributed by atoms with Crippen LogP contribution in [-0.4, -0.2) is 24.6 Å². The molecule has 7 heteroatoms. The van der Waals surface area contributed by atoms with E-state index in [0.29, 0.717) is 23.8 Å². The van der Waals surface area contributed by atoms with Gasteiger partial charge in [0.1, 0.15) is 17.1 Å². The summed E-state index contributed by atoms with van der Waals surface area (Å²) in [6, 6.07) is 18.5. The number of aromatic nitrogens is 1. The summed E-state index contributed by atoms with van der Waals surface area (Å²) < 4.78 is 22.7. The number of para-hydroxylation sites is 1. The third-order valence-electron chi connectivity index (χ3n) is 4.99. The number of amides is 1. The van der Waals surface area contributed by atoms with E-state index in [9.17, 15) is 4.79 Å². The van der Waals surface area contributed by atoms with Crippen LogP contribution >= 0.6 is 0 Å². The number of benzene rings is 2. The summed E-state index contributed by atoms with van der Waals surface area (Å²) in [4.78, 5) is 17.3. The number of hydrogen-bond donors (Lipinski definition) is 1. The SMILES string of the molecule is CCCOc1ccc(Oc2ncccc2CNC(=O)c2oc3ccccc3c2COC)cc1. The van der Waals surface area contributed by atoms with Crippen LogP contribution in [0, 0.1) is 0 Å². The molecule has 0 saturated heterocycles. The second-order valence-electron chi connectivity index (χ2n) is 7.41. The Labute approximate surface area is 192 Å². The van der Waals surface area contributed by atoms with Crippen LogP contribution in [0.2, 0.25) is 0 Å². The predicted octanol–water partition coefficient (Wildman–Crippen LogP) is 5.49. The maximum absolute atomic E-state index is 12.9. The van der Waals surface area contributed by atoms with E-state index in [4.69, 9.17) is 18.6 Å². The van der Waals surface area contributed by atoms with E-state index in [1.165, 1.54) is 0 Å². The van der Waals surface area contributed by atoms with Gasteiger partial charge in [0.25, 0.3) is 5.91 Å². The number of pyridine rings is 1. The molecule has 0 unspecified atom stereocenters. The second kappa shape index (κ2) is 10.7. The number of methoxy groups -OCH3 is 1. The van der Waals surface area contributed by atoms with Crippen LogP contribution in [0.25, 0.3) is 11.0 Å². The zero-order chi connectivity index (χ0) is 23.0. The Hall–Kier alpha value is -3.84. The fourth-order valence-electron chi connectivity index (χ4n) is 3.41. The number of fused-ring (bicyclic) bond motifs is 1. The Kier molecular flexibility index (Phi) is 7.22. The van der Waals surface area contributed by atoms with E-state index in [1.54, 1.807) is 19.4 Å². The summed E-state index contributed by atoms with van der Waals surface area (Å²) in [5.74, 6) is 1.75. The molecule has 4 rings (SSSR count). The molecule has 0 aliphatic rings. The van der Waals surface area contributed by atoms with Gasteiger partial charge in [-0.25, -0.2) is 4.98 Å². The van der Waals surface area contributed by atoms with Gasteiger partial charge in [-0.15, -0.1) is 0 Å². The lowest BCUT2D eigenvalue weighted by Gasteiger charge is -2.11. The lowest BCUT2D eigenvalue weighted by atomic mass is 10.1. The van der Waals surface area contributed by atoms with Crippen LogP contribution in [0.1, 0.15) is 35.0 Å². The van der Waals surface area contributed by atoms with Gasteiger partial charge < -0.3 is 23.9 Å². The largest absolute Gasteiger partial charge is 0.494 e. The van der Waals surface area contributed by atoms with Gasteiger partial charge in [0, 0.05) is 36.4 Å². The van der Waals surface area contributed by atoms with Crippen LogP contribution in [0.5, 0.6) is 17.4 Å². The fraction of sp³-hybridized carbons (Fsp3) is 0.231. The average Bonchev–Trinajstić information content (AvgIpc) is 3.22. The summed E-state index contributed by atoms with van der Waals surface area (Å²) in [6.07, 6.45) is 2.59. The first-order valence-electron chi connectivity index (χ1n) is 10.8. The van der Waals surface area contributed by atoms with Crippen molar-refractivity contribution in [2.45, 2.75) is 26.5 Å². The van der Waals surface area contributed by atoms with E-state index in [1.807, 2.05) is 54.6 Å². The lowest BCUT2D eigenvalue weighted by Crippen LogP contribution is -2.23. The minimum Gasteiger partial charge on any atom is -0.494 e. The summed E-state index contributed by atoms with van der Waals surface area (Å²) in [5, 5.41) is 3.77. The maximum atomic E-state index is 12.9. The molecule has 0 spiro atoms. The molecule has 0 bridgehead atoms. The number of ether oxygens (including phenoxy) is 3. The minimum atomic E-state index is -0.328. The third-order valence-corrected chi connectivity index (χ3v) is 4.99.